The summed E-state index contributed by atoms with van der Waals surface area (Å²) >= 11 is 0. The zero-order chi connectivity index (χ0) is 21.1. The van der Waals surface area contributed by atoms with E-state index in [1.165, 1.54) is 0 Å². The molecular weight excluding hydrogens is 380 g/mol. The Morgan fingerprint density at radius 1 is 1.00 bits per heavy atom. The summed E-state index contributed by atoms with van der Waals surface area (Å²) in [6.45, 7) is 1.81. The summed E-state index contributed by atoms with van der Waals surface area (Å²) in [5.74, 6) is -1.29. The van der Waals surface area contributed by atoms with Crippen LogP contribution >= 0.6 is 0 Å². The molecule has 152 valence electrons. The summed E-state index contributed by atoms with van der Waals surface area (Å²) in [6.07, 6.45) is -0.147. The molecule has 3 aromatic carbocycles. The lowest BCUT2D eigenvalue weighted by Gasteiger charge is -2.21. The van der Waals surface area contributed by atoms with Gasteiger partial charge < -0.3 is 15.0 Å². The number of amides is 2. The molecule has 1 aliphatic heterocycles. The molecule has 0 spiro atoms. The molecule has 0 saturated heterocycles. The van der Waals surface area contributed by atoms with E-state index in [4.69, 9.17) is 4.74 Å². The summed E-state index contributed by atoms with van der Waals surface area (Å²) in [7, 11) is 0. The Kier molecular flexibility index (Phi) is 5.48. The van der Waals surface area contributed by atoms with Gasteiger partial charge >= 0.3 is 5.97 Å². The molecule has 0 bridgehead atoms. The van der Waals surface area contributed by atoms with Crippen molar-refractivity contribution in [3.8, 4) is 0 Å². The number of ether oxygens (including phenoxy) is 1. The first-order valence-corrected chi connectivity index (χ1v) is 9.89. The predicted octanol–water partition coefficient (Wildman–Crippen LogP) is 3.09. The summed E-state index contributed by atoms with van der Waals surface area (Å²) < 4.78 is 5.25. The van der Waals surface area contributed by atoms with Gasteiger partial charge in [-0.2, -0.15) is 0 Å². The van der Waals surface area contributed by atoms with Crippen LogP contribution in [0.25, 0.3) is 10.8 Å². The SMILES string of the molecule is C[C@@H](OC(=O)CNC(=O)c1ccc2ccccc2c1)C(=O)N1CCc2ccccc21. The number of para-hydroxylation sites is 1. The lowest BCUT2D eigenvalue weighted by molar-refractivity contribution is -0.152. The quantitative estimate of drug-likeness (QED) is 0.666. The highest BCUT2D eigenvalue weighted by Crippen LogP contribution is 2.28. The monoisotopic (exact) mass is 402 g/mol. The average Bonchev–Trinajstić information content (AvgIpc) is 3.20. The third kappa shape index (κ3) is 4.03. The second kappa shape index (κ2) is 8.37. The molecule has 1 aliphatic rings. The molecule has 0 unspecified atom stereocenters. The summed E-state index contributed by atoms with van der Waals surface area (Å²) in [6, 6.07) is 20.7. The number of nitrogens with one attached hydrogen (secondary N) is 1. The van der Waals surface area contributed by atoms with Gasteiger partial charge in [0.25, 0.3) is 11.8 Å². The maximum atomic E-state index is 12.7. The van der Waals surface area contributed by atoms with E-state index in [-0.39, 0.29) is 18.4 Å². The minimum atomic E-state index is -0.929. The van der Waals surface area contributed by atoms with Gasteiger partial charge in [-0.15, -0.1) is 0 Å². The molecule has 30 heavy (non-hydrogen) atoms. The van der Waals surface area contributed by atoms with Crippen LogP contribution < -0.4 is 10.2 Å². The van der Waals surface area contributed by atoms with Crippen molar-refractivity contribution in [1.82, 2.24) is 5.32 Å². The van der Waals surface area contributed by atoms with E-state index in [9.17, 15) is 14.4 Å². The van der Waals surface area contributed by atoms with E-state index in [0.717, 1.165) is 28.4 Å². The number of carbonyl (C=O) groups is 3. The number of fused-ring (bicyclic) bond motifs is 2. The largest absolute Gasteiger partial charge is 0.451 e. The van der Waals surface area contributed by atoms with Gasteiger partial charge in [-0.05, 0) is 47.9 Å². The molecule has 2 amide bonds. The van der Waals surface area contributed by atoms with Gasteiger partial charge in [0, 0.05) is 17.8 Å². The average molecular weight is 402 g/mol. The second-order valence-electron chi connectivity index (χ2n) is 7.25. The predicted molar refractivity (Wildman–Crippen MR) is 114 cm³/mol. The molecule has 3 aromatic rings. The third-order valence-electron chi connectivity index (χ3n) is 5.21. The highest BCUT2D eigenvalue weighted by molar-refractivity contribution is 6.01. The van der Waals surface area contributed by atoms with Crippen molar-refractivity contribution in [2.45, 2.75) is 19.4 Å². The van der Waals surface area contributed by atoms with Gasteiger partial charge in [-0.25, -0.2) is 0 Å². The van der Waals surface area contributed by atoms with Crippen LogP contribution in [-0.4, -0.2) is 37.0 Å². The summed E-state index contributed by atoms with van der Waals surface area (Å²) in [5.41, 5.74) is 2.42. The number of rotatable bonds is 5. The van der Waals surface area contributed by atoms with E-state index in [0.29, 0.717) is 12.1 Å². The van der Waals surface area contributed by atoms with Gasteiger partial charge in [0.15, 0.2) is 6.10 Å². The maximum absolute atomic E-state index is 12.7. The minimum Gasteiger partial charge on any atom is -0.451 e. The molecule has 0 aliphatic carbocycles. The van der Waals surface area contributed by atoms with E-state index in [2.05, 4.69) is 5.32 Å². The first-order valence-electron chi connectivity index (χ1n) is 9.89. The molecule has 0 aromatic heterocycles. The zero-order valence-corrected chi connectivity index (χ0v) is 16.6. The molecule has 6 heteroatoms. The van der Waals surface area contributed by atoms with Crippen LogP contribution in [0, 0.1) is 0 Å². The van der Waals surface area contributed by atoms with Crippen molar-refractivity contribution in [2.75, 3.05) is 18.0 Å². The Bertz CT molecular complexity index is 1120. The van der Waals surface area contributed by atoms with Crippen molar-refractivity contribution in [3.63, 3.8) is 0 Å². The highest BCUT2D eigenvalue weighted by atomic mass is 16.5. The van der Waals surface area contributed by atoms with Crippen molar-refractivity contribution in [1.29, 1.82) is 0 Å². The molecule has 0 fully saturated rings. The van der Waals surface area contributed by atoms with Gasteiger partial charge in [0.2, 0.25) is 0 Å². The Labute approximate surface area is 174 Å². The van der Waals surface area contributed by atoms with Gasteiger partial charge in [-0.1, -0.05) is 48.5 Å². The molecule has 0 saturated carbocycles. The van der Waals surface area contributed by atoms with Gasteiger partial charge in [0.1, 0.15) is 6.54 Å². The molecule has 0 radical (unpaired) electrons. The van der Waals surface area contributed by atoms with Crippen LogP contribution in [0.3, 0.4) is 0 Å². The standard InChI is InChI=1S/C24H22N2O4/c1-16(24(29)26-13-12-18-7-4-5-9-21(18)26)30-22(27)15-25-23(28)20-11-10-17-6-2-3-8-19(17)14-20/h2-11,14,16H,12-13,15H2,1H3,(H,25,28)/t16-/m1/s1. The lowest BCUT2D eigenvalue weighted by Crippen LogP contribution is -2.41. The Balaban J connectivity index is 1.32. The van der Waals surface area contributed by atoms with Crippen LogP contribution in [0.1, 0.15) is 22.8 Å². The number of anilines is 1. The van der Waals surface area contributed by atoms with Crippen LogP contribution in [0.15, 0.2) is 66.7 Å². The number of esters is 1. The number of hydrogen-bond acceptors (Lipinski definition) is 4. The van der Waals surface area contributed by atoms with Gasteiger partial charge in [0.05, 0.1) is 0 Å². The van der Waals surface area contributed by atoms with Crippen LogP contribution in [0.2, 0.25) is 0 Å². The Hall–Kier alpha value is -3.67. The van der Waals surface area contributed by atoms with Gasteiger partial charge in [-0.3, -0.25) is 14.4 Å². The van der Waals surface area contributed by atoms with E-state index in [1.54, 1.807) is 24.0 Å². The summed E-state index contributed by atoms with van der Waals surface area (Å²) in [4.78, 5) is 38.9. The second-order valence-corrected chi connectivity index (χ2v) is 7.25. The van der Waals surface area contributed by atoms with E-state index >= 15 is 0 Å². The molecule has 1 N–H and O–H groups in total. The molecular formula is C24H22N2O4. The normalized spacial score (nSPS) is 13.6. The fourth-order valence-corrected chi connectivity index (χ4v) is 3.66. The van der Waals surface area contributed by atoms with Crippen molar-refractivity contribution in [2.24, 2.45) is 0 Å². The minimum absolute atomic E-state index is 0.269. The first-order chi connectivity index (χ1) is 14.5. The topological polar surface area (TPSA) is 75.7 Å². The first kappa shape index (κ1) is 19.6. The molecule has 4 rings (SSSR count). The maximum Gasteiger partial charge on any atom is 0.326 e. The highest BCUT2D eigenvalue weighted by Gasteiger charge is 2.29. The third-order valence-corrected chi connectivity index (χ3v) is 5.21. The number of nitrogens with zero attached hydrogens (tertiary/aromatic N) is 1. The Morgan fingerprint density at radius 3 is 2.57 bits per heavy atom. The van der Waals surface area contributed by atoms with E-state index < -0.39 is 12.1 Å². The number of carbonyl (C=O) groups excluding carboxylic acids is 3. The fourth-order valence-electron chi connectivity index (χ4n) is 3.66. The van der Waals surface area contributed by atoms with Crippen LogP contribution in [-0.2, 0) is 20.7 Å². The Morgan fingerprint density at radius 2 is 1.73 bits per heavy atom. The molecule has 6 nitrogen and oxygen atoms in total. The fraction of sp³-hybridized carbons (Fsp3) is 0.208. The molecule has 1 atom stereocenters. The number of hydrogen-bond donors (Lipinski definition) is 1. The lowest BCUT2D eigenvalue weighted by atomic mass is 10.1. The van der Waals surface area contributed by atoms with Crippen LogP contribution in [0.5, 0.6) is 0 Å². The number of benzene rings is 3. The van der Waals surface area contributed by atoms with Crippen molar-refractivity contribution >= 4 is 34.2 Å². The van der Waals surface area contributed by atoms with Crippen LogP contribution in [0.4, 0.5) is 5.69 Å². The van der Waals surface area contributed by atoms with Crippen molar-refractivity contribution < 1.29 is 19.1 Å². The summed E-state index contributed by atoms with van der Waals surface area (Å²) in [5, 5.41) is 4.53. The zero-order valence-electron chi connectivity index (χ0n) is 16.6. The van der Waals surface area contributed by atoms with E-state index in [1.807, 2.05) is 54.6 Å². The molecule has 1 heterocycles. The van der Waals surface area contributed by atoms with Crippen molar-refractivity contribution in [3.05, 3.63) is 77.9 Å². The smallest absolute Gasteiger partial charge is 0.326 e.